The maximum atomic E-state index is 13.5. The third-order valence-electron chi connectivity index (χ3n) is 4.88. The van der Waals surface area contributed by atoms with Gasteiger partial charge in [0.05, 0.1) is 11.9 Å². The molecule has 1 aliphatic heterocycles. The van der Waals surface area contributed by atoms with Crippen LogP contribution in [0.3, 0.4) is 0 Å². The van der Waals surface area contributed by atoms with Crippen molar-refractivity contribution in [2.24, 2.45) is 0 Å². The molecule has 1 saturated heterocycles. The molecule has 0 spiro atoms. The van der Waals surface area contributed by atoms with E-state index in [1.807, 2.05) is 0 Å². The largest absolute Gasteiger partial charge is 0.305 e. The predicted octanol–water partition coefficient (Wildman–Crippen LogP) is 2.88. The number of halogens is 2. The van der Waals surface area contributed by atoms with Crippen molar-refractivity contribution in [1.82, 2.24) is 24.8 Å². The SMILES string of the molecule is O=c1cc(C2CCCN(Cc3ccc(F)c(F)c3)C2)nc(-c2cnccn2)[nH]1. The van der Waals surface area contributed by atoms with Gasteiger partial charge in [-0.25, -0.2) is 18.7 Å². The van der Waals surface area contributed by atoms with Crippen LogP contribution in [0, 0.1) is 11.6 Å². The van der Waals surface area contributed by atoms with Gasteiger partial charge in [0, 0.05) is 37.5 Å². The zero-order chi connectivity index (χ0) is 19.5. The number of benzene rings is 1. The van der Waals surface area contributed by atoms with E-state index >= 15 is 0 Å². The van der Waals surface area contributed by atoms with E-state index in [2.05, 4.69) is 24.8 Å². The van der Waals surface area contributed by atoms with Gasteiger partial charge in [-0.2, -0.15) is 0 Å². The van der Waals surface area contributed by atoms with E-state index in [0.29, 0.717) is 30.3 Å². The molecule has 2 aromatic heterocycles. The van der Waals surface area contributed by atoms with Crippen molar-refractivity contribution in [2.75, 3.05) is 13.1 Å². The summed E-state index contributed by atoms with van der Waals surface area (Å²) in [5.74, 6) is -1.20. The van der Waals surface area contributed by atoms with Crippen molar-refractivity contribution < 1.29 is 8.78 Å². The molecule has 3 aromatic rings. The Kier molecular flexibility index (Phi) is 5.21. The number of aromatic amines is 1. The van der Waals surface area contributed by atoms with Gasteiger partial charge in [-0.3, -0.25) is 14.7 Å². The first-order valence-corrected chi connectivity index (χ1v) is 9.12. The molecule has 1 N–H and O–H groups in total. The molecule has 0 amide bonds. The molecule has 1 aromatic carbocycles. The summed E-state index contributed by atoms with van der Waals surface area (Å²) in [6.45, 7) is 2.07. The fraction of sp³-hybridized carbons (Fsp3) is 0.300. The predicted molar refractivity (Wildman–Crippen MR) is 99.5 cm³/mol. The maximum absolute atomic E-state index is 13.5. The van der Waals surface area contributed by atoms with E-state index in [9.17, 15) is 13.6 Å². The summed E-state index contributed by atoms with van der Waals surface area (Å²) in [6.07, 6.45) is 6.50. The second-order valence-corrected chi connectivity index (χ2v) is 6.93. The van der Waals surface area contributed by atoms with Crippen LogP contribution < -0.4 is 5.56 Å². The van der Waals surface area contributed by atoms with Gasteiger partial charge in [-0.1, -0.05) is 6.07 Å². The van der Waals surface area contributed by atoms with E-state index in [0.717, 1.165) is 31.0 Å². The van der Waals surface area contributed by atoms with E-state index < -0.39 is 11.6 Å². The molecule has 1 fully saturated rings. The van der Waals surface area contributed by atoms with E-state index in [1.54, 1.807) is 24.7 Å². The van der Waals surface area contributed by atoms with Gasteiger partial charge in [0.2, 0.25) is 0 Å². The first kappa shape index (κ1) is 18.4. The average Bonchev–Trinajstić information content (AvgIpc) is 2.71. The van der Waals surface area contributed by atoms with Gasteiger partial charge < -0.3 is 4.98 Å². The van der Waals surface area contributed by atoms with Gasteiger partial charge in [0.1, 0.15) is 5.69 Å². The Morgan fingerprint density at radius 1 is 1.18 bits per heavy atom. The van der Waals surface area contributed by atoms with Crippen molar-refractivity contribution in [3.8, 4) is 11.5 Å². The molecule has 1 aliphatic rings. The van der Waals surface area contributed by atoms with Crippen LogP contribution in [0.1, 0.15) is 30.0 Å². The summed E-state index contributed by atoms with van der Waals surface area (Å²) in [7, 11) is 0. The van der Waals surface area contributed by atoms with E-state index in [-0.39, 0.29) is 11.5 Å². The summed E-state index contributed by atoms with van der Waals surface area (Å²) < 4.78 is 26.6. The highest BCUT2D eigenvalue weighted by molar-refractivity contribution is 5.46. The lowest BCUT2D eigenvalue weighted by Crippen LogP contribution is -2.34. The Bertz CT molecular complexity index is 1020. The zero-order valence-corrected chi connectivity index (χ0v) is 15.1. The molecular weight excluding hydrogens is 364 g/mol. The van der Waals surface area contributed by atoms with Crippen LogP contribution in [0.4, 0.5) is 8.78 Å². The number of likely N-dealkylation sites (tertiary alicyclic amines) is 1. The Morgan fingerprint density at radius 3 is 2.86 bits per heavy atom. The third kappa shape index (κ3) is 4.12. The van der Waals surface area contributed by atoms with Crippen LogP contribution >= 0.6 is 0 Å². The first-order valence-electron chi connectivity index (χ1n) is 9.12. The molecule has 1 atom stereocenters. The van der Waals surface area contributed by atoms with E-state index in [1.165, 1.54) is 12.1 Å². The highest BCUT2D eigenvalue weighted by Gasteiger charge is 2.24. The van der Waals surface area contributed by atoms with Crippen molar-refractivity contribution in [3.63, 3.8) is 0 Å². The van der Waals surface area contributed by atoms with Crippen LogP contribution in [0.25, 0.3) is 11.5 Å². The molecular formula is C20H19F2N5O. The number of hydrogen-bond donors (Lipinski definition) is 1. The van der Waals surface area contributed by atoms with E-state index in [4.69, 9.17) is 0 Å². The monoisotopic (exact) mass is 383 g/mol. The minimum atomic E-state index is -0.843. The number of rotatable bonds is 4. The Labute approximate surface area is 160 Å². The van der Waals surface area contributed by atoms with Gasteiger partial charge in [0.25, 0.3) is 5.56 Å². The summed E-state index contributed by atoms with van der Waals surface area (Å²) in [4.78, 5) is 29.8. The molecule has 0 radical (unpaired) electrons. The Morgan fingerprint density at radius 2 is 2.07 bits per heavy atom. The second-order valence-electron chi connectivity index (χ2n) is 6.93. The van der Waals surface area contributed by atoms with Gasteiger partial charge in [-0.15, -0.1) is 0 Å². The summed E-state index contributed by atoms with van der Waals surface area (Å²) in [5.41, 5.74) is 1.71. The number of nitrogens with one attached hydrogen (secondary N) is 1. The Balaban J connectivity index is 1.53. The first-order chi connectivity index (χ1) is 13.6. The molecule has 3 heterocycles. The van der Waals surface area contributed by atoms with Crippen LogP contribution in [-0.2, 0) is 6.54 Å². The van der Waals surface area contributed by atoms with Crippen LogP contribution in [0.5, 0.6) is 0 Å². The van der Waals surface area contributed by atoms with Crippen molar-refractivity contribution >= 4 is 0 Å². The van der Waals surface area contributed by atoms with Crippen LogP contribution in [0.15, 0.2) is 47.7 Å². The standard InChI is InChI=1S/C20H19F2N5O/c21-15-4-3-13(8-16(15)22)11-27-7-1-2-14(12-27)17-9-19(28)26-20(25-17)18-10-23-5-6-24-18/h3-6,8-10,14H,1-2,7,11-12H2,(H,25,26,28). The highest BCUT2D eigenvalue weighted by Crippen LogP contribution is 2.27. The molecule has 4 rings (SSSR count). The average molecular weight is 383 g/mol. The Hall–Kier alpha value is -3.00. The molecule has 28 heavy (non-hydrogen) atoms. The normalized spacial score (nSPS) is 17.6. The zero-order valence-electron chi connectivity index (χ0n) is 15.1. The molecule has 6 nitrogen and oxygen atoms in total. The fourth-order valence-electron chi connectivity index (χ4n) is 3.56. The third-order valence-corrected chi connectivity index (χ3v) is 4.88. The fourth-order valence-corrected chi connectivity index (χ4v) is 3.56. The minimum Gasteiger partial charge on any atom is -0.305 e. The molecule has 0 bridgehead atoms. The number of hydrogen-bond acceptors (Lipinski definition) is 5. The van der Waals surface area contributed by atoms with Gasteiger partial charge >= 0.3 is 0 Å². The number of piperidine rings is 1. The van der Waals surface area contributed by atoms with Gasteiger partial charge in [-0.05, 0) is 37.1 Å². The summed E-state index contributed by atoms with van der Waals surface area (Å²) >= 11 is 0. The van der Waals surface area contributed by atoms with Crippen LogP contribution in [-0.4, -0.2) is 37.9 Å². The summed E-state index contributed by atoms with van der Waals surface area (Å²) in [5, 5.41) is 0. The second kappa shape index (κ2) is 7.93. The molecule has 0 aliphatic carbocycles. The number of H-pyrrole nitrogens is 1. The maximum Gasteiger partial charge on any atom is 0.251 e. The van der Waals surface area contributed by atoms with Crippen LogP contribution in [0.2, 0.25) is 0 Å². The smallest absolute Gasteiger partial charge is 0.251 e. The van der Waals surface area contributed by atoms with Crippen molar-refractivity contribution in [3.05, 3.63) is 76.1 Å². The molecule has 1 unspecified atom stereocenters. The van der Waals surface area contributed by atoms with Gasteiger partial charge in [0.15, 0.2) is 17.5 Å². The highest BCUT2D eigenvalue weighted by atomic mass is 19.2. The quantitative estimate of drug-likeness (QED) is 0.750. The molecule has 8 heteroatoms. The molecule has 144 valence electrons. The molecule has 0 saturated carbocycles. The number of aromatic nitrogens is 4. The van der Waals surface area contributed by atoms with Crippen molar-refractivity contribution in [1.29, 1.82) is 0 Å². The number of nitrogens with zero attached hydrogens (tertiary/aromatic N) is 4. The van der Waals surface area contributed by atoms with Crippen molar-refractivity contribution in [2.45, 2.75) is 25.3 Å². The lowest BCUT2D eigenvalue weighted by molar-refractivity contribution is 0.198. The lowest BCUT2D eigenvalue weighted by Gasteiger charge is -2.32. The minimum absolute atomic E-state index is 0.0803. The summed E-state index contributed by atoms with van der Waals surface area (Å²) in [6, 6.07) is 5.50. The lowest BCUT2D eigenvalue weighted by atomic mass is 9.94. The topological polar surface area (TPSA) is 74.8 Å².